The molecule has 0 N–H and O–H groups in total. The molecule has 0 heteroatoms. The van der Waals surface area contributed by atoms with Crippen molar-refractivity contribution in [2.45, 2.75) is 46.5 Å². The largest absolute Gasteiger partial charge is 0.0625 e. The van der Waals surface area contributed by atoms with Crippen LogP contribution in [0.4, 0.5) is 0 Å². The molecule has 0 spiro atoms. The Kier molecular flexibility index (Phi) is 1.56. The van der Waals surface area contributed by atoms with Crippen molar-refractivity contribution in [1.29, 1.82) is 0 Å². The Morgan fingerprint density at radius 3 is 2.45 bits per heavy atom. The number of rotatable bonds is 0. The third-order valence-corrected chi connectivity index (χ3v) is 3.96. The van der Waals surface area contributed by atoms with Crippen LogP contribution in [-0.4, -0.2) is 0 Å². The zero-order chi connectivity index (χ0) is 8.06. The minimum absolute atomic E-state index is 0.676. The van der Waals surface area contributed by atoms with Crippen LogP contribution in [0, 0.1) is 23.2 Å². The Balaban J connectivity index is 2.14. The predicted octanol–water partition coefficient (Wildman–Crippen LogP) is 3.47. The van der Waals surface area contributed by atoms with Crippen LogP contribution in [0.25, 0.3) is 0 Å². The molecule has 2 aliphatic carbocycles. The summed E-state index contributed by atoms with van der Waals surface area (Å²) in [6.07, 6.45) is 6.06. The van der Waals surface area contributed by atoms with Crippen LogP contribution >= 0.6 is 0 Å². The van der Waals surface area contributed by atoms with Gasteiger partial charge in [0, 0.05) is 0 Å². The standard InChI is InChI=1S/C11H20/c1-8-4-9-6-10(5-8)11(2,3)7-9/h8-10H,4-7H2,1-3H3. The summed E-state index contributed by atoms with van der Waals surface area (Å²) in [5.41, 5.74) is 0.676. The normalized spacial score (nSPS) is 47.7. The molecule has 64 valence electrons. The van der Waals surface area contributed by atoms with Crippen molar-refractivity contribution in [3.05, 3.63) is 0 Å². The molecule has 2 fully saturated rings. The Labute approximate surface area is 70.4 Å². The Bertz CT molecular complexity index is 157. The van der Waals surface area contributed by atoms with Gasteiger partial charge in [0.25, 0.3) is 0 Å². The van der Waals surface area contributed by atoms with Crippen LogP contribution in [0.5, 0.6) is 0 Å². The van der Waals surface area contributed by atoms with Gasteiger partial charge in [0.1, 0.15) is 0 Å². The average Bonchev–Trinajstić information content (AvgIpc) is 2.02. The fourth-order valence-corrected chi connectivity index (χ4v) is 3.46. The summed E-state index contributed by atoms with van der Waals surface area (Å²) >= 11 is 0. The van der Waals surface area contributed by atoms with E-state index in [4.69, 9.17) is 0 Å². The maximum Gasteiger partial charge on any atom is -0.0323 e. The van der Waals surface area contributed by atoms with Crippen molar-refractivity contribution in [3.63, 3.8) is 0 Å². The fraction of sp³-hybridized carbons (Fsp3) is 1.00. The highest BCUT2D eigenvalue weighted by atomic mass is 14.5. The summed E-state index contributed by atoms with van der Waals surface area (Å²) in [5.74, 6) is 3.15. The van der Waals surface area contributed by atoms with E-state index in [0.717, 1.165) is 17.8 Å². The van der Waals surface area contributed by atoms with Gasteiger partial charge in [-0.1, -0.05) is 20.8 Å². The van der Waals surface area contributed by atoms with Gasteiger partial charge in [0.2, 0.25) is 0 Å². The predicted molar refractivity (Wildman–Crippen MR) is 48.4 cm³/mol. The van der Waals surface area contributed by atoms with Gasteiger partial charge in [-0.05, 0) is 48.9 Å². The maximum absolute atomic E-state index is 2.47. The highest BCUT2D eigenvalue weighted by molar-refractivity contribution is 4.94. The van der Waals surface area contributed by atoms with E-state index in [1.165, 1.54) is 25.7 Å². The van der Waals surface area contributed by atoms with Crippen LogP contribution in [-0.2, 0) is 0 Å². The molecular weight excluding hydrogens is 132 g/mol. The van der Waals surface area contributed by atoms with Crippen molar-refractivity contribution < 1.29 is 0 Å². The molecule has 0 aliphatic heterocycles. The van der Waals surface area contributed by atoms with Crippen molar-refractivity contribution >= 4 is 0 Å². The lowest BCUT2D eigenvalue weighted by Gasteiger charge is -2.29. The number of hydrogen-bond acceptors (Lipinski definition) is 0. The first-order valence-electron chi connectivity index (χ1n) is 5.08. The second-order valence-electron chi connectivity index (χ2n) is 5.57. The molecule has 0 aromatic heterocycles. The van der Waals surface area contributed by atoms with E-state index in [1.807, 2.05) is 0 Å². The van der Waals surface area contributed by atoms with E-state index in [9.17, 15) is 0 Å². The molecule has 2 rings (SSSR count). The molecule has 0 aromatic carbocycles. The van der Waals surface area contributed by atoms with Gasteiger partial charge >= 0.3 is 0 Å². The number of fused-ring (bicyclic) bond motifs is 2. The fourth-order valence-electron chi connectivity index (χ4n) is 3.46. The molecule has 2 aliphatic rings. The van der Waals surface area contributed by atoms with Gasteiger partial charge in [-0.15, -0.1) is 0 Å². The van der Waals surface area contributed by atoms with Gasteiger partial charge in [-0.25, -0.2) is 0 Å². The summed E-state index contributed by atoms with van der Waals surface area (Å²) in [5, 5.41) is 0. The molecule has 2 bridgehead atoms. The molecule has 3 atom stereocenters. The zero-order valence-electron chi connectivity index (χ0n) is 8.06. The zero-order valence-corrected chi connectivity index (χ0v) is 8.06. The lowest BCUT2D eigenvalue weighted by atomic mass is 9.76. The quantitative estimate of drug-likeness (QED) is 0.498. The lowest BCUT2D eigenvalue weighted by molar-refractivity contribution is 0.210. The minimum atomic E-state index is 0.676. The maximum atomic E-state index is 2.47. The highest BCUT2D eigenvalue weighted by Gasteiger charge is 2.44. The van der Waals surface area contributed by atoms with E-state index in [2.05, 4.69) is 20.8 Å². The Hall–Kier alpha value is 0. The van der Waals surface area contributed by atoms with E-state index >= 15 is 0 Å². The summed E-state index contributed by atoms with van der Waals surface area (Å²) in [4.78, 5) is 0. The van der Waals surface area contributed by atoms with Gasteiger partial charge in [-0.2, -0.15) is 0 Å². The van der Waals surface area contributed by atoms with Crippen LogP contribution in [0.3, 0.4) is 0 Å². The molecule has 3 unspecified atom stereocenters. The molecule has 0 radical (unpaired) electrons. The summed E-state index contributed by atoms with van der Waals surface area (Å²) < 4.78 is 0. The summed E-state index contributed by atoms with van der Waals surface area (Å²) in [6.45, 7) is 7.37. The second kappa shape index (κ2) is 2.24. The topological polar surface area (TPSA) is 0 Å². The van der Waals surface area contributed by atoms with Gasteiger partial charge < -0.3 is 0 Å². The van der Waals surface area contributed by atoms with E-state index < -0.39 is 0 Å². The minimum Gasteiger partial charge on any atom is -0.0625 e. The van der Waals surface area contributed by atoms with Crippen molar-refractivity contribution in [1.82, 2.24) is 0 Å². The highest BCUT2D eigenvalue weighted by Crippen LogP contribution is 2.54. The molecule has 0 heterocycles. The Morgan fingerprint density at radius 2 is 1.82 bits per heavy atom. The third kappa shape index (κ3) is 1.21. The molecule has 0 amide bonds. The monoisotopic (exact) mass is 152 g/mol. The van der Waals surface area contributed by atoms with Gasteiger partial charge in [0.05, 0.1) is 0 Å². The van der Waals surface area contributed by atoms with Crippen molar-refractivity contribution in [2.24, 2.45) is 23.2 Å². The van der Waals surface area contributed by atoms with Crippen LogP contribution in [0.2, 0.25) is 0 Å². The SMILES string of the molecule is CC1CC2CC(C1)C(C)(C)C2. The first-order valence-corrected chi connectivity index (χ1v) is 5.08. The van der Waals surface area contributed by atoms with E-state index in [1.54, 1.807) is 0 Å². The number of hydrogen-bond donors (Lipinski definition) is 0. The van der Waals surface area contributed by atoms with Gasteiger partial charge in [-0.3, -0.25) is 0 Å². The molecule has 11 heavy (non-hydrogen) atoms. The van der Waals surface area contributed by atoms with Crippen LogP contribution < -0.4 is 0 Å². The summed E-state index contributed by atoms with van der Waals surface area (Å²) in [6, 6.07) is 0. The lowest BCUT2D eigenvalue weighted by Crippen LogP contribution is -2.20. The molecule has 0 saturated heterocycles. The third-order valence-electron chi connectivity index (χ3n) is 3.96. The molecule has 2 saturated carbocycles. The van der Waals surface area contributed by atoms with E-state index in [0.29, 0.717) is 5.41 Å². The smallest absolute Gasteiger partial charge is 0.0323 e. The molecular formula is C11H20. The van der Waals surface area contributed by atoms with Crippen LogP contribution in [0.1, 0.15) is 46.5 Å². The first-order chi connectivity index (χ1) is 5.08. The van der Waals surface area contributed by atoms with Crippen molar-refractivity contribution in [3.8, 4) is 0 Å². The van der Waals surface area contributed by atoms with E-state index in [-0.39, 0.29) is 0 Å². The molecule has 0 aromatic rings. The first kappa shape index (κ1) is 7.64. The average molecular weight is 152 g/mol. The summed E-state index contributed by atoms with van der Waals surface area (Å²) in [7, 11) is 0. The van der Waals surface area contributed by atoms with Crippen molar-refractivity contribution in [2.75, 3.05) is 0 Å². The van der Waals surface area contributed by atoms with Crippen LogP contribution in [0.15, 0.2) is 0 Å². The molecule has 0 nitrogen and oxygen atoms in total. The Morgan fingerprint density at radius 1 is 1.09 bits per heavy atom. The van der Waals surface area contributed by atoms with Gasteiger partial charge in [0.15, 0.2) is 0 Å². The second-order valence-corrected chi connectivity index (χ2v) is 5.57.